The van der Waals surface area contributed by atoms with Crippen molar-refractivity contribution in [3.05, 3.63) is 40.1 Å². The lowest BCUT2D eigenvalue weighted by Gasteiger charge is -2.39. The zero-order valence-electron chi connectivity index (χ0n) is 12.3. The Kier molecular flexibility index (Phi) is 3.23. The van der Waals surface area contributed by atoms with Gasteiger partial charge in [0, 0.05) is 24.2 Å². The average Bonchev–Trinajstić information content (AvgIpc) is 2.53. The standard InChI is InChI=1S/C16H19FN4O/c17-13-1-2-14-16-12(13)7-11(9-21(16)15(22)8-19-14)20-5-3-10(18)4-6-20/h1-2,8,10-11H,3-7,9,18H2. The number of nitrogens with two attached hydrogens (primary N) is 1. The van der Waals surface area contributed by atoms with E-state index in [1.165, 1.54) is 12.3 Å². The molecule has 5 nitrogen and oxygen atoms in total. The van der Waals surface area contributed by atoms with E-state index in [0.717, 1.165) is 25.9 Å². The molecule has 1 aromatic carbocycles. The van der Waals surface area contributed by atoms with Gasteiger partial charge in [-0.2, -0.15) is 0 Å². The van der Waals surface area contributed by atoms with Crippen molar-refractivity contribution in [1.29, 1.82) is 0 Å². The van der Waals surface area contributed by atoms with Crippen LogP contribution in [0.4, 0.5) is 4.39 Å². The van der Waals surface area contributed by atoms with Gasteiger partial charge in [0.25, 0.3) is 5.56 Å². The normalized spacial score (nSPS) is 23.1. The van der Waals surface area contributed by atoms with Crippen molar-refractivity contribution in [3.8, 4) is 0 Å². The summed E-state index contributed by atoms with van der Waals surface area (Å²) < 4.78 is 16.0. The molecule has 116 valence electrons. The molecule has 6 heteroatoms. The molecule has 2 aromatic rings. The molecule has 0 radical (unpaired) electrons. The summed E-state index contributed by atoms with van der Waals surface area (Å²) >= 11 is 0. The predicted molar refractivity (Wildman–Crippen MR) is 82.2 cm³/mol. The fourth-order valence-electron chi connectivity index (χ4n) is 3.72. The van der Waals surface area contributed by atoms with E-state index in [1.807, 2.05) is 0 Å². The van der Waals surface area contributed by atoms with E-state index in [4.69, 9.17) is 5.73 Å². The lowest BCUT2D eigenvalue weighted by molar-refractivity contribution is 0.134. The molecular formula is C16H19FN4O. The molecule has 1 fully saturated rings. The summed E-state index contributed by atoms with van der Waals surface area (Å²) in [6, 6.07) is 3.51. The number of likely N-dealkylation sites (tertiary alicyclic amines) is 1. The van der Waals surface area contributed by atoms with Gasteiger partial charge >= 0.3 is 0 Å². The number of hydrogen-bond donors (Lipinski definition) is 1. The highest BCUT2D eigenvalue weighted by molar-refractivity contribution is 5.79. The number of benzene rings is 1. The first-order valence-electron chi connectivity index (χ1n) is 7.80. The Morgan fingerprint density at radius 2 is 2.05 bits per heavy atom. The lowest BCUT2D eigenvalue weighted by atomic mass is 9.95. The fraction of sp³-hybridized carbons (Fsp3) is 0.500. The summed E-state index contributed by atoms with van der Waals surface area (Å²) in [6.07, 6.45) is 3.88. The zero-order valence-corrected chi connectivity index (χ0v) is 12.3. The number of aromatic nitrogens is 2. The van der Waals surface area contributed by atoms with Crippen molar-refractivity contribution in [1.82, 2.24) is 14.5 Å². The smallest absolute Gasteiger partial charge is 0.269 e. The maximum Gasteiger partial charge on any atom is 0.269 e. The third-order valence-corrected chi connectivity index (χ3v) is 4.98. The van der Waals surface area contributed by atoms with Gasteiger partial charge in [0.05, 0.1) is 17.2 Å². The molecule has 1 atom stereocenters. The first kappa shape index (κ1) is 13.8. The van der Waals surface area contributed by atoms with Crippen LogP contribution in [0.2, 0.25) is 0 Å². The van der Waals surface area contributed by atoms with E-state index >= 15 is 0 Å². The van der Waals surface area contributed by atoms with Crippen molar-refractivity contribution in [2.24, 2.45) is 5.73 Å². The molecule has 0 amide bonds. The molecule has 3 heterocycles. The van der Waals surface area contributed by atoms with Crippen molar-refractivity contribution in [3.63, 3.8) is 0 Å². The Hall–Kier alpha value is -1.79. The number of hydrogen-bond acceptors (Lipinski definition) is 4. The zero-order chi connectivity index (χ0) is 15.3. The molecule has 1 saturated heterocycles. The van der Waals surface area contributed by atoms with Crippen LogP contribution >= 0.6 is 0 Å². The summed E-state index contributed by atoms with van der Waals surface area (Å²) in [5.74, 6) is -0.243. The minimum absolute atomic E-state index is 0.153. The summed E-state index contributed by atoms with van der Waals surface area (Å²) in [4.78, 5) is 18.7. The van der Waals surface area contributed by atoms with E-state index in [2.05, 4.69) is 9.88 Å². The molecule has 0 aliphatic carbocycles. The molecule has 0 saturated carbocycles. The maximum absolute atomic E-state index is 14.3. The Morgan fingerprint density at radius 3 is 2.82 bits per heavy atom. The molecule has 2 aliphatic rings. The van der Waals surface area contributed by atoms with Crippen LogP contribution in [0.3, 0.4) is 0 Å². The monoisotopic (exact) mass is 302 g/mol. The summed E-state index contributed by atoms with van der Waals surface area (Å²) in [7, 11) is 0. The van der Waals surface area contributed by atoms with Crippen LogP contribution in [0.1, 0.15) is 18.4 Å². The summed E-state index contributed by atoms with van der Waals surface area (Å²) in [5, 5.41) is 0. The van der Waals surface area contributed by atoms with Crippen molar-refractivity contribution >= 4 is 11.0 Å². The molecule has 4 rings (SSSR count). The van der Waals surface area contributed by atoms with Crippen LogP contribution in [0.15, 0.2) is 23.1 Å². The van der Waals surface area contributed by atoms with Gasteiger partial charge in [-0.15, -0.1) is 0 Å². The second-order valence-corrected chi connectivity index (χ2v) is 6.33. The minimum Gasteiger partial charge on any atom is -0.328 e. The molecule has 1 aromatic heterocycles. The molecule has 2 N–H and O–H groups in total. The van der Waals surface area contributed by atoms with E-state index in [9.17, 15) is 9.18 Å². The van der Waals surface area contributed by atoms with Crippen LogP contribution < -0.4 is 11.3 Å². The first-order chi connectivity index (χ1) is 10.6. The molecule has 1 unspecified atom stereocenters. The first-order valence-corrected chi connectivity index (χ1v) is 7.80. The quantitative estimate of drug-likeness (QED) is 0.849. The molecular weight excluding hydrogens is 283 g/mol. The number of rotatable bonds is 1. The fourth-order valence-corrected chi connectivity index (χ4v) is 3.72. The van der Waals surface area contributed by atoms with Crippen LogP contribution in [0.25, 0.3) is 11.0 Å². The van der Waals surface area contributed by atoms with Crippen LogP contribution in [0.5, 0.6) is 0 Å². The second kappa shape index (κ2) is 5.14. The Labute approximate surface area is 127 Å². The van der Waals surface area contributed by atoms with Gasteiger partial charge in [0.2, 0.25) is 0 Å². The third kappa shape index (κ3) is 2.14. The highest BCUT2D eigenvalue weighted by atomic mass is 19.1. The topological polar surface area (TPSA) is 64.2 Å². The maximum atomic E-state index is 14.3. The average molecular weight is 302 g/mol. The van der Waals surface area contributed by atoms with Crippen LogP contribution in [-0.4, -0.2) is 39.6 Å². The summed E-state index contributed by atoms with van der Waals surface area (Å²) in [6.45, 7) is 2.43. The third-order valence-electron chi connectivity index (χ3n) is 4.98. The number of halogens is 1. The SMILES string of the molecule is NC1CCN(C2Cc3c(F)ccc4ncc(=O)n(c34)C2)CC1. The van der Waals surface area contributed by atoms with Crippen molar-refractivity contribution in [2.45, 2.75) is 37.9 Å². The highest BCUT2D eigenvalue weighted by Gasteiger charge is 2.30. The van der Waals surface area contributed by atoms with Gasteiger partial charge in [-0.05, 0) is 44.5 Å². The van der Waals surface area contributed by atoms with E-state index in [-0.39, 0.29) is 23.5 Å². The van der Waals surface area contributed by atoms with Crippen molar-refractivity contribution in [2.75, 3.05) is 13.1 Å². The summed E-state index contributed by atoms with van der Waals surface area (Å²) in [5.41, 5.74) is 7.78. The van der Waals surface area contributed by atoms with Crippen LogP contribution in [0, 0.1) is 5.82 Å². The van der Waals surface area contributed by atoms with E-state index < -0.39 is 0 Å². The van der Waals surface area contributed by atoms with E-state index in [0.29, 0.717) is 29.6 Å². The molecule has 0 spiro atoms. The molecule has 22 heavy (non-hydrogen) atoms. The Balaban J connectivity index is 1.76. The van der Waals surface area contributed by atoms with Gasteiger partial charge in [-0.25, -0.2) is 9.37 Å². The number of piperidine rings is 1. The predicted octanol–water partition coefficient (Wildman–Crippen LogP) is 0.883. The van der Waals surface area contributed by atoms with Gasteiger partial charge in [0.1, 0.15) is 5.82 Å². The molecule has 0 bridgehead atoms. The van der Waals surface area contributed by atoms with Gasteiger partial charge in [0.15, 0.2) is 0 Å². The molecule has 2 aliphatic heterocycles. The van der Waals surface area contributed by atoms with Gasteiger partial charge < -0.3 is 10.3 Å². The van der Waals surface area contributed by atoms with E-state index in [1.54, 1.807) is 10.6 Å². The largest absolute Gasteiger partial charge is 0.328 e. The lowest BCUT2D eigenvalue weighted by Crippen LogP contribution is -2.49. The Morgan fingerprint density at radius 1 is 1.27 bits per heavy atom. The van der Waals surface area contributed by atoms with Crippen LogP contribution in [-0.2, 0) is 13.0 Å². The minimum atomic E-state index is -0.243. The second-order valence-electron chi connectivity index (χ2n) is 6.33. The highest BCUT2D eigenvalue weighted by Crippen LogP contribution is 2.28. The Bertz CT molecular complexity index is 780. The van der Waals surface area contributed by atoms with Gasteiger partial charge in [-0.1, -0.05) is 0 Å². The van der Waals surface area contributed by atoms with Crippen molar-refractivity contribution < 1.29 is 4.39 Å². The van der Waals surface area contributed by atoms with Gasteiger partial charge in [-0.3, -0.25) is 9.69 Å². The number of nitrogens with zero attached hydrogens (tertiary/aromatic N) is 3.